The smallest absolute Gasteiger partial charge is 0.236 e. The summed E-state index contributed by atoms with van der Waals surface area (Å²) in [4.78, 5) is 31.2. The molecule has 2 amide bonds. The fourth-order valence-electron chi connectivity index (χ4n) is 3.76. The first-order valence-electron chi connectivity index (χ1n) is 7.87. The molecule has 114 valence electrons. The molecule has 0 atom stereocenters. The molecule has 2 heterocycles. The van der Waals surface area contributed by atoms with Gasteiger partial charge >= 0.3 is 0 Å². The minimum absolute atomic E-state index is 0.0221. The van der Waals surface area contributed by atoms with E-state index < -0.39 is 5.41 Å². The summed E-state index contributed by atoms with van der Waals surface area (Å²) < 4.78 is 1.10. The molecule has 1 aliphatic carbocycles. The summed E-state index contributed by atoms with van der Waals surface area (Å²) in [5.74, 6) is 0.0163. The van der Waals surface area contributed by atoms with Crippen molar-refractivity contribution < 1.29 is 9.59 Å². The Morgan fingerprint density at radius 2 is 1.91 bits per heavy atom. The quantitative estimate of drug-likeness (QED) is 0.797. The number of amides is 2. The minimum atomic E-state index is -0.397. The van der Waals surface area contributed by atoms with E-state index in [1.54, 1.807) is 11.3 Å². The van der Waals surface area contributed by atoms with Crippen molar-refractivity contribution in [3.05, 3.63) is 29.3 Å². The SMILES string of the molecule is O=C1CC2(CCCCC2)C(=O)N1Cc1nc2ccccc2s1. The van der Waals surface area contributed by atoms with Crippen molar-refractivity contribution in [2.24, 2.45) is 5.41 Å². The average molecular weight is 314 g/mol. The second-order valence-corrected chi connectivity index (χ2v) is 7.49. The van der Waals surface area contributed by atoms with Crippen LogP contribution >= 0.6 is 11.3 Å². The number of aromatic nitrogens is 1. The fourth-order valence-corrected chi connectivity index (χ4v) is 4.72. The minimum Gasteiger partial charge on any atom is -0.275 e. The van der Waals surface area contributed by atoms with Gasteiger partial charge in [0.25, 0.3) is 0 Å². The van der Waals surface area contributed by atoms with Gasteiger partial charge in [0.05, 0.1) is 22.2 Å². The van der Waals surface area contributed by atoms with E-state index in [1.165, 1.54) is 11.3 Å². The van der Waals surface area contributed by atoms with Gasteiger partial charge in [-0.2, -0.15) is 0 Å². The summed E-state index contributed by atoms with van der Waals surface area (Å²) in [5, 5.41) is 0.843. The second-order valence-electron chi connectivity index (χ2n) is 6.38. The highest BCUT2D eigenvalue weighted by Gasteiger charge is 2.51. The van der Waals surface area contributed by atoms with Gasteiger partial charge in [0.2, 0.25) is 11.8 Å². The number of rotatable bonds is 2. The van der Waals surface area contributed by atoms with Crippen molar-refractivity contribution in [1.82, 2.24) is 9.88 Å². The van der Waals surface area contributed by atoms with Gasteiger partial charge in [0.1, 0.15) is 5.01 Å². The van der Waals surface area contributed by atoms with E-state index >= 15 is 0 Å². The number of carbonyl (C=O) groups is 2. The maximum Gasteiger partial charge on any atom is 0.236 e. The summed E-state index contributed by atoms with van der Waals surface area (Å²) in [6, 6.07) is 7.92. The Bertz CT molecular complexity index is 713. The van der Waals surface area contributed by atoms with Crippen LogP contribution in [0.2, 0.25) is 0 Å². The molecular formula is C17H18N2O2S. The molecule has 1 aromatic heterocycles. The molecule has 2 aliphatic rings. The molecule has 2 aromatic rings. The van der Waals surface area contributed by atoms with Gasteiger partial charge in [-0.3, -0.25) is 14.5 Å². The van der Waals surface area contributed by atoms with Gasteiger partial charge in [-0.25, -0.2) is 4.98 Å². The zero-order chi connectivity index (χ0) is 15.2. The third-order valence-corrected chi connectivity index (χ3v) is 5.95. The Morgan fingerprint density at radius 3 is 2.68 bits per heavy atom. The Balaban J connectivity index is 1.59. The number of fused-ring (bicyclic) bond motifs is 1. The fraction of sp³-hybridized carbons (Fsp3) is 0.471. The molecule has 0 unspecified atom stereocenters. The molecule has 0 radical (unpaired) electrons. The van der Waals surface area contributed by atoms with Crippen molar-refractivity contribution in [2.75, 3.05) is 0 Å². The van der Waals surface area contributed by atoms with Crippen LogP contribution in [-0.4, -0.2) is 21.7 Å². The monoisotopic (exact) mass is 314 g/mol. The first-order chi connectivity index (χ1) is 10.7. The van der Waals surface area contributed by atoms with Gasteiger partial charge in [-0.15, -0.1) is 11.3 Å². The van der Waals surface area contributed by atoms with Crippen molar-refractivity contribution in [3.63, 3.8) is 0 Å². The molecule has 0 N–H and O–H groups in total. The predicted molar refractivity (Wildman–Crippen MR) is 85.3 cm³/mol. The number of para-hydroxylation sites is 1. The first-order valence-corrected chi connectivity index (χ1v) is 8.69. The van der Waals surface area contributed by atoms with Crippen LogP contribution in [0.4, 0.5) is 0 Å². The molecule has 1 aliphatic heterocycles. The maximum absolute atomic E-state index is 12.8. The van der Waals surface area contributed by atoms with Crippen LogP contribution in [0.5, 0.6) is 0 Å². The van der Waals surface area contributed by atoms with Crippen LogP contribution < -0.4 is 0 Å². The first kappa shape index (κ1) is 13.9. The number of carbonyl (C=O) groups excluding carboxylic acids is 2. The number of benzene rings is 1. The molecule has 4 rings (SSSR count). The third-order valence-electron chi connectivity index (χ3n) is 4.93. The number of nitrogens with zero attached hydrogens (tertiary/aromatic N) is 2. The van der Waals surface area contributed by atoms with Gasteiger partial charge in [-0.1, -0.05) is 31.4 Å². The molecule has 2 fully saturated rings. The third kappa shape index (κ3) is 2.15. The van der Waals surface area contributed by atoms with E-state index in [1.807, 2.05) is 24.3 Å². The molecule has 1 saturated heterocycles. The zero-order valence-corrected chi connectivity index (χ0v) is 13.2. The molecular weight excluding hydrogens is 296 g/mol. The Kier molecular flexibility index (Phi) is 3.26. The van der Waals surface area contributed by atoms with E-state index in [9.17, 15) is 9.59 Å². The van der Waals surface area contributed by atoms with Crippen LogP contribution in [-0.2, 0) is 16.1 Å². The topological polar surface area (TPSA) is 50.3 Å². The molecule has 22 heavy (non-hydrogen) atoms. The normalized spacial score (nSPS) is 21.2. The van der Waals surface area contributed by atoms with E-state index in [0.717, 1.165) is 40.9 Å². The lowest BCUT2D eigenvalue weighted by molar-refractivity contribution is -0.142. The summed E-state index contributed by atoms with van der Waals surface area (Å²) in [6.07, 6.45) is 5.45. The van der Waals surface area contributed by atoms with E-state index in [0.29, 0.717) is 13.0 Å². The van der Waals surface area contributed by atoms with Crippen LogP contribution in [0.3, 0.4) is 0 Å². The average Bonchev–Trinajstić information content (AvgIpc) is 3.03. The molecule has 1 spiro atoms. The van der Waals surface area contributed by atoms with Gasteiger partial charge < -0.3 is 0 Å². The van der Waals surface area contributed by atoms with E-state index in [4.69, 9.17) is 0 Å². The van der Waals surface area contributed by atoms with Crippen LogP contribution in [0.25, 0.3) is 10.2 Å². The largest absolute Gasteiger partial charge is 0.275 e. The lowest BCUT2D eigenvalue weighted by Crippen LogP contribution is -2.36. The van der Waals surface area contributed by atoms with Crippen molar-refractivity contribution in [1.29, 1.82) is 0 Å². The highest BCUT2D eigenvalue weighted by Crippen LogP contribution is 2.45. The van der Waals surface area contributed by atoms with Gasteiger partial charge in [0, 0.05) is 6.42 Å². The summed E-state index contributed by atoms with van der Waals surface area (Å²) >= 11 is 1.57. The molecule has 5 heteroatoms. The zero-order valence-electron chi connectivity index (χ0n) is 12.4. The van der Waals surface area contributed by atoms with Crippen molar-refractivity contribution in [2.45, 2.75) is 45.1 Å². The number of imide groups is 1. The van der Waals surface area contributed by atoms with E-state index in [2.05, 4.69) is 4.98 Å². The van der Waals surface area contributed by atoms with Crippen molar-refractivity contribution >= 4 is 33.4 Å². The molecule has 1 saturated carbocycles. The molecule has 4 nitrogen and oxygen atoms in total. The number of hydrogen-bond donors (Lipinski definition) is 0. The van der Waals surface area contributed by atoms with Crippen LogP contribution in [0.1, 0.15) is 43.5 Å². The summed E-state index contributed by atoms with van der Waals surface area (Å²) in [6.45, 7) is 0.332. The Labute approximate surface area is 133 Å². The number of hydrogen-bond acceptors (Lipinski definition) is 4. The van der Waals surface area contributed by atoms with Crippen LogP contribution in [0.15, 0.2) is 24.3 Å². The Hall–Kier alpha value is -1.75. The summed E-state index contributed by atoms with van der Waals surface area (Å²) in [5.41, 5.74) is 0.542. The second kappa shape index (κ2) is 5.16. The Morgan fingerprint density at radius 1 is 1.14 bits per heavy atom. The van der Waals surface area contributed by atoms with Gasteiger partial charge in [0.15, 0.2) is 0 Å². The highest BCUT2D eigenvalue weighted by atomic mass is 32.1. The number of thiazole rings is 1. The van der Waals surface area contributed by atoms with E-state index in [-0.39, 0.29) is 11.8 Å². The highest BCUT2D eigenvalue weighted by molar-refractivity contribution is 7.18. The van der Waals surface area contributed by atoms with Crippen molar-refractivity contribution in [3.8, 4) is 0 Å². The number of likely N-dealkylation sites (tertiary alicyclic amines) is 1. The maximum atomic E-state index is 12.8. The van der Waals surface area contributed by atoms with Crippen LogP contribution in [0, 0.1) is 5.41 Å². The lowest BCUT2D eigenvalue weighted by atomic mass is 9.73. The lowest BCUT2D eigenvalue weighted by Gasteiger charge is -2.30. The standard InChI is InChI=1S/C17H18N2O2S/c20-15-10-17(8-4-1-5-9-17)16(21)19(15)11-14-18-12-6-2-3-7-13(12)22-14/h2-3,6-7H,1,4-5,8-11H2. The van der Waals surface area contributed by atoms with Gasteiger partial charge in [-0.05, 0) is 25.0 Å². The summed E-state index contributed by atoms with van der Waals surface area (Å²) in [7, 11) is 0. The molecule has 0 bridgehead atoms. The predicted octanol–water partition coefficient (Wildman–Crippen LogP) is 3.51. The molecule has 1 aromatic carbocycles.